The Morgan fingerprint density at radius 1 is 0.624 bits per heavy atom. The molecule has 0 saturated carbocycles. The Balaban J connectivity index is 0.000000228. The Labute approximate surface area is 514 Å². The number of amides is 5. The summed E-state index contributed by atoms with van der Waals surface area (Å²) in [6.45, 7) is 32.3. The van der Waals surface area contributed by atoms with Crippen molar-refractivity contribution in [1.29, 1.82) is 0 Å². The summed E-state index contributed by atoms with van der Waals surface area (Å²) < 4.78 is 24.1. The quantitative estimate of drug-likeness (QED) is 0.0908. The summed E-state index contributed by atoms with van der Waals surface area (Å²) in [4.78, 5) is 100. The number of anilines is 2. The van der Waals surface area contributed by atoms with Gasteiger partial charge in [0.1, 0.15) is 48.5 Å². The van der Waals surface area contributed by atoms with Crippen LogP contribution in [0.15, 0.2) is 36.9 Å². The zero-order valence-corrected chi connectivity index (χ0v) is 55.2. The predicted octanol–water partition coefficient (Wildman–Crippen LogP) is 13.9. The van der Waals surface area contributed by atoms with Gasteiger partial charge < -0.3 is 54.7 Å². The molecular formula is C60H84N10O11S4. The minimum absolute atomic E-state index is 0.0239. The number of thiazole rings is 2. The van der Waals surface area contributed by atoms with Gasteiger partial charge in [-0.1, -0.05) is 13.8 Å². The van der Waals surface area contributed by atoms with Crippen LogP contribution in [0, 0.1) is 0 Å². The molecule has 0 fully saturated rings. The Kier molecular flexibility index (Phi) is 22.4. The predicted molar refractivity (Wildman–Crippen MR) is 337 cm³/mol. The normalized spacial score (nSPS) is 14.1. The number of carboxylic acids is 1. The molecule has 5 amide bonds. The second kappa shape index (κ2) is 28.2. The van der Waals surface area contributed by atoms with Crippen molar-refractivity contribution in [3.63, 3.8) is 0 Å². The highest BCUT2D eigenvalue weighted by atomic mass is 32.1. The Bertz CT molecular complexity index is 3260. The maximum absolute atomic E-state index is 13.3. The van der Waals surface area contributed by atoms with Crippen LogP contribution in [0.5, 0.6) is 0 Å². The molecule has 4 N–H and O–H groups in total. The van der Waals surface area contributed by atoms with Crippen LogP contribution < -0.4 is 11.1 Å². The summed E-state index contributed by atoms with van der Waals surface area (Å²) >= 11 is 6.17. The molecule has 8 heterocycles. The van der Waals surface area contributed by atoms with E-state index in [4.69, 9.17) is 39.8 Å². The van der Waals surface area contributed by atoms with E-state index in [9.17, 15) is 28.8 Å². The molecule has 85 heavy (non-hydrogen) atoms. The largest absolute Gasteiger partial charge is 0.481 e. The third-order valence-corrected chi connectivity index (χ3v) is 17.4. The number of hydrogen-bond donors (Lipinski definition) is 3. The summed E-state index contributed by atoms with van der Waals surface area (Å²) in [6, 6.07) is 3.80. The average Bonchev–Trinajstić information content (AvgIpc) is 2.66. The van der Waals surface area contributed by atoms with Crippen LogP contribution in [0.3, 0.4) is 0 Å². The summed E-state index contributed by atoms with van der Waals surface area (Å²) in [5, 5.41) is 14.9. The van der Waals surface area contributed by atoms with E-state index >= 15 is 0 Å². The fraction of sp³-hybridized carbons (Fsp3) is 0.567. The van der Waals surface area contributed by atoms with Gasteiger partial charge in [-0.2, -0.15) is 0 Å². The van der Waals surface area contributed by atoms with Crippen molar-refractivity contribution in [2.75, 3.05) is 37.2 Å². The van der Waals surface area contributed by atoms with Gasteiger partial charge in [-0.25, -0.2) is 29.1 Å². The number of fused-ring (bicyclic) bond motifs is 4. The lowest BCUT2D eigenvalue weighted by Crippen LogP contribution is -2.43. The number of carboxylic acid groups (broad SMARTS) is 1. The van der Waals surface area contributed by atoms with Crippen LogP contribution in [0.25, 0.3) is 41.6 Å². The molecule has 2 aliphatic heterocycles. The van der Waals surface area contributed by atoms with Gasteiger partial charge in [0.05, 0.1) is 46.3 Å². The van der Waals surface area contributed by atoms with E-state index in [-0.39, 0.29) is 56.1 Å². The number of carbonyl (C=O) groups excluding carboxylic acids is 5. The number of hydrogen-bond acceptors (Lipinski definition) is 19. The van der Waals surface area contributed by atoms with Crippen LogP contribution in [0.1, 0.15) is 157 Å². The third kappa shape index (κ3) is 19.1. The molecule has 2 unspecified atom stereocenters. The van der Waals surface area contributed by atoms with E-state index in [1.807, 2.05) is 102 Å². The first-order chi connectivity index (χ1) is 39.6. The number of pyridine rings is 2. The SMILES string of the molecule is CC(C)(C)OC(=O)N1CCc2c(sc(N)c2-c2nc3cnccc3s2)C1.CCC(C)N(CCC(=O)Nc1sc2c(c1-c1nc3cnccc3s1)CCN(C(=O)OC(C)(C)C)C2)C(=O)OC(C)(C)C.CCC(C)N(CCC(=O)O)C(=O)OC(C)(C)C. The van der Waals surface area contributed by atoms with Gasteiger partial charge in [0.25, 0.3) is 0 Å². The lowest BCUT2D eigenvalue weighted by atomic mass is 10.0. The number of nitrogens with zero attached hydrogens (tertiary/aromatic N) is 8. The Morgan fingerprint density at radius 2 is 1.04 bits per heavy atom. The second-order valence-electron chi connectivity index (χ2n) is 24.8. The molecule has 8 rings (SSSR count). The number of thiophene rings is 2. The minimum Gasteiger partial charge on any atom is -0.481 e. The van der Waals surface area contributed by atoms with Crippen LogP contribution in [-0.2, 0) is 54.5 Å². The highest BCUT2D eigenvalue weighted by molar-refractivity contribution is 7.23. The van der Waals surface area contributed by atoms with E-state index in [2.05, 4.69) is 15.3 Å². The number of rotatable bonds is 13. The van der Waals surface area contributed by atoms with Gasteiger partial charge in [-0.3, -0.25) is 19.6 Å². The molecule has 0 aliphatic carbocycles. The summed E-state index contributed by atoms with van der Waals surface area (Å²) in [5.74, 6) is -1.12. The summed E-state index contributed by atoms with van der Waals surface area (Å²) in [5.41, 5.74) is 9.94. The fourth-order valence-electron chi connectivity index (χ4n) is 8.81. The number of aromatic nitrogens is 4. The Hall–Kier alpha value is -6.70. The lowest BCUT2D eigenvalue weighted by molar-refractivity contribution is -0.137. The third-order valence-electron chi connectivity index (χ3n) is 13.2. The van der Waals surface area contributed by atoms with Crippen molar-refractivity contribution in [2.45, 2.75) is 197 Å². The van der Waals surface area contributed by atoms with Gasteiger partial charge >= 0.3 is 30.3 Å². The van der Waals surface area contributed by atoms with Gasteiger partial charge in [-0.05, 0) is 146 Å². The number of ether oxygens (including phenoxy) is 4. The van der Waals surface area contributed by atoms with Crippen molar-refractivity contribution >= 4 is 112 Å². The molecule has 2 aliphatic rings. The van der Waals surface area contributed by atoms with Crippen molar-refractivity contribution < 1.29 is 52.8 Å². The molecule has 0 aromatic carbocycles. The minimum atomic E-state index is -0.915. The number of nitrogen functional groups attached to an aromatic ring is 1. The summed E-state index contributed by atoms with van der Waals surface area (Å²) in [6.07, 6.45) is 8.43. The molecule has 2 atom stereocenters. The van der Waals surface area contributed by atoms with Crippen LogP contribution in [0.2, 0.25) is 0 Å². The molecule has 6 aromatic heterocycles. The van der Waals surface area contributed by atoms with Crippen LogP contribution in [0.4, 0.5) is 29.2 Å². The maximum atomic E-state index is 13.3. The maximum Gasteiger partial charge on any atom is 0.410 e. The molecule has 464 valence electrons. The number of aliphatic carboxylic acids is 1. The van der Waals surface area contributed by atoms with Gasteiger partial charge in [0.2, 0.25) is 5.91 Å². The van der Waals surface area contributed by atoms with Gasteiger partial charge in [-0.15, -0.1) is 45.3 Å². The number of nitrogens with one attached hydrogen (secondary N) is 1. The first-order valence-corrected chi connectivity index (χ1v) is 31.8. The smallest absolute Gasteiger partial charge is 0.410 e. The van der Waals surface area contributed by atoms with E-state index in [1.54, 1.807) is 94.3 Å². The highest BCUT2D eigenvalue weighted by Crippen LogP contribution is 2.47. The highest BCUT2D eigenvalue weighted by Gasteiger charge is 2.34. The van der Waals surface area contributed by atoms with Crippen molar-refractivity contribution in [1.82, 2.24) is 39.5 Å². The molecule has 0 spiro atoms. The average molecular weight is 1250 g/mol. The van der Waals surface area contributed by atoms with Crippen LogP contribution >= 0.6 is 45.3 Å². The fourth-order valence-corrected chi connectivity index (χ4v) is 13.4. The topological polar surface area (TPSA) is 262 Å². The van der Waals surface area contributed by atoms with Gasteiger partial charge in [0.15, 0.2) is 0 Å². The van der Waals surface area contributed by atoms with E-state index in [1.165, 1.54) is 21.8 Å². The monoisotopic (exact) mass is 1250 g/mol. The number of carbonyl (C=O) groups is 6. The van der Waals surface area contributed by atoms with Crippen LogP contribution in [-0.4, -0.2) is 142 Å². The van der Waals surface area contributed by atoms with E-state index in [0.717, 1.165) is 81.2 Å². The van der Waals surface area contributed by atoms with Crippen molar-refractivity contribution in [2.24, 2.45) is 0 Å². The molecule has 0 bridgehead atoms. The van der Waals surface area contributed by atoms with Gasteiger partial charge in [0, 0.05) is 78.0 Å². The van der Waals surface area contributed by atoms with E-state index < -0.39 is 40.6 Å². The summed E-state index contributed by atoms with van der Waals surface area (Å²) in [7, 11) is 0. The molecule has 0 saturated heterocycles. The molecule has 25 heteroatoms. The second-order valence-corrected chi connectivity index (χ2v) is 29.1. The molecular weight excluding hydrogens is 1160 g/mol. The number of nitrogens with two attached hydrogens (primary N) is 1. The standard InChI is InChI=1S/C30H41N5O5S2.C18H20N4O2S2.C12H23NO4/c1-9-18(2)35(28(38)40-30(6,7)8)15-12-23(36)33-26-24(25-32-20-16-31-13-10-21(20)41-25)19-11-14-34(17-22(19)42-26)27(37)39-29(3,4)5;1-18(2,3)24-17(23)22-7-5-10-13(9-22)25-15(19)14(10)16-21-11-8-20-6-4-12(11)26-16;1-6-9(2)13(8-7-10(14)15)11(16)17-12(3,4)5/h10,13,16,18H,9,11-12,14-15,17H2,1-8H3,(H,33,36);4,6,8H,5,7,9,19H2,1-3H3;9H,6-8H2,1-5H3,(H,14,15). The Morgan fingerprint density at radius 3 is 1.45 bits per heavy atom. The molecule has 21 nitrogen and oxygen atoms in total. The first kappa shape index (κ1) is 67.4. The van der Waals surface area contributed by atoms with Crippen molar-refractivity contribution in [3.05, 3.63) is 57.8 Å². The molecule has 6 aromatic rings. The molecule has 0 radical (unpaired) electrons. The van der Waals surface area contributed by atoms with E-state index in [0.29, 0.717) is 37.6 Å². The zero-order chi connectivity index (χ0) is 62.9. The zero-order valence-electron chi connectivity index (χ0n) is 51.9. The first-order valence-electron chi connectivity index (χ1n) is 28.6. The van der Waals surface area contributed by atoms with Crippen molar-refractivity contribution in [3.8, 4) is 21.1 Å². The lowest BCUT2D eigenvalue weighted by Gasteiger charge is -2.31.